The van der Waals surface area contributed by atoms with Crippen molar-refractivity contribution < 1.29 is 4.42 Å². The summed E-state index contributed by atoms with van der Waals surface area (Å²) in [6, 6.07) is 9.10. The molecule has 1 unspecified atom stereocenters. The number of hydrazine groups is 1. The Morgan fingerprint density at radius 2 is 2.00 bits per heavy atom. The lowest BCUT2D eigenvalue weighted by Gasteiger charge is -2.15. The van der Waals surface area contributed by atoms with Gasteiger partial charge < -0.3 is 4.42 Å². The molecule has 2 aromatic heterocycles. The zero-order valence-electron chi connectivity index (χ0n) is 11.7. The van der Waals surface area contributed by atoms with Gasteiger partial charge in [0.25, 0.3) is 0 Å². The number of furan rings is 1. The monoisotopic (exact) mass is 302 g/mol. The van der Waals surface area contributed by atoms with Crippen LogP contribution in [0.15, 0.2) is 34.7 Å². The Balaban J connectivity index is 2.11. The van der Waals surface area contributed by atoms with Crippen LogP contribution >= 0.6 is 11.6 Å². The first-order chi connectivity index (χ1) is 10.1. The quantitative estimate of drug-likeness (QED) is 0.574. The molecule has 0 saturated carbocycles. The standard InChI is InChI=1S/C15H15ClN4O/c1-8-5-12(9(2)20-19-8)15(18-17)14-7-10-6-11(16)3-4-13(10)21-14/h3-7,15,18H,17H2,1-2H3. The van der Waals surface area contributed by atoms with E-state index >= 15 is 0 Å². The lowest BCUT2D eigenvalue weighted by Crippen LogP contribution is -2.29. The Labute approximate surface area is 127 Å². The Morgan fingerprint density at radius 3 is 2.76 bits per heavy atom. The van der Waals surface area contributed by atoms with Gasteiger partial charge in [0.15, 0.2) is 0 Å². The van der Waals surface area contributed by atoms with Gasteiger partial charge in [0.2, 0.25) is 0 Å². The van der Waals surface area contributed by atoms with E-state index in [2.05, 4.69) is 15.6 Å². The average Bonchev–Trinajstić information content (AvgIpc) is 2.86. The molecule has 21 heavy (non-hydrogen) atoms. The summed E-state index contributed by atoms with van der Waals surface area (Å²) in [5, 5.41) is 9.78. The lowest BCUT2D eigenvalue weighted by molar-refractivity contribution is 0.474. The number of nitrogens with two attached hydrogens (primary N) is 1. The number of halogens is 1. The van der Waals surface area contributed by atoms with Crippen molar-refractivity contribution in [1.82, 2.24) is 15.6 Å². The minimum absolute atomic E-state index is 0.287. The van der Waals surface area contributed by atoms with Gasteiger partial charge in [0.05, 0.1) is 11.4 Å². The number of hydrogen-bond acceptors (Lipinski definition) is 5. The summed E-state index contributed by atoms with van der Waals surface area (Å²) in [5.74, 6) is 6.44. The highest BCUT2D eigenvalue weighted by atomic mass is 35.5. The number of nitrogens with zero attached hydrogens (tertiary/aromatic N) is 2. The molecule has 0 bridgehead atoms. The maximum absolute atomic E-state index is 6.00. The molecule has 0 aliphatic carbocycles. The number of benzene rings is 1. The minimum Gasteiger partial charge on any atom is -0.459 e. The maximum atomic E-state index is 6.00. The summed E-state index contributed by atoms with van der Waals surface area (Å²) in [4.78, 5) is 0. The summed E-state index contributed by atoms with van der Waals surface area (Å²) in [7, 11) is 0. The van der Waals surface area contributed by atoms with Crippen molar-refractivity contribution in [1.29, 1.82) is 0 Å². The molecule has 3 N–H and O–H groups in total. The fourth-order valence-electron chi connectivity index (χ4n) is 2.36. The van der Waals surface area contributed by atoms with Gasteiger partial charge in [-0.2, -0.15) is 10.2 Å². The first-order valence-corrected chi connectivity index (χ1v) is 6.92. The molecule has 1 atom stereocenters. The molecule has 0 saturated heterocycles. The summed E-state index contributed by atoms with van der Waals surface area (Å²) in [6.07, 6.45) is 0. The molecule has 5 nitrogen and oxygen atoms in total. The second-order valence-corrected chi connectivity index (χ2v) is 5.39. The second kappa shape index (κ2) is 5.44. The van der Waals surface area contributed by atoms with Crippen LogP contribution in [0.2, 0.25) is 5.02 Å². The van der Waals surface area contributed by atoms with Crippen molar-refractivity contribution in [3.8, 4) is 0 Å². The van der Waals surface area contributed by atoms with E-state index in [0.29, 0.717) is 10.8 Å². The molecule has 1 aromatic carbocycles. The van der Waals surface area contributed by atoms with E-state index in [1.165, 1.54) is 0 Å². The fraction of sp³-hybridized carbons (Fsp3) is 0.200. The maximum Gasteiger partial charge on any atom is 0.134 e. The summed E-state index contributed by atoms with van der Waals surface area (Å²) in [5.41, 5.74) is 6.13. The number of fused-ring (bicyclic) bond motifs is 1. The van der Waals surface area contributed by atoms with Crippen molar-refractivity contribution in [3.63, 3.8) is 0 Å². The predicted octanol–water partition coefficient (Wildman–Crippen LogP) is 3.05. The van der Waals surface area contributed by atoms with E-state index in [-0.39, 0.29) is 6.04 Å². The van der Waals surface area contributed by atoms with Gasteiger partial charge >= 0.3 is 0 Å². The Kier molecular flexibility index (Phi) is 3.63. The lowest BCUT2D eigenvalue weighted by atomic mass is 10.0. The van der Waals surface area contributed by atoms with Crippen LogP contribution < -0.4 is 11.3 Å². The molecule has 0 amide bonds. The van der Waals surface area contributed by atoms with Crippen molar-refractivity contribution in [2.45, 2.75) is 19.9 Å². The smallest absolute Gasteiger partial charge is 0.134 e. The highest BCUT2D eigenvalue weighted by Crippen LogP contribution is 2.30. The minimum atomic E-state index is -0.287. The summed E-state index contributed by atoms with van der Waals surface area (Å²) >= 11 is 6.00. The van der Waals surface area contributed by atoms with Crippen LogP contribution in [-0.4, -0.2) is 10.2 Å². The highest BCUT2D eigenvalue weighted by molar-refractivity contribution is 6.31. The van der Waals surface area contributed by atoms with E-state index < -0.39 is 0 Å². The van der Waals surface area contributed by atoms with E-state index in [0.717, 1.165) is 27.9 Å². The van der Waals surface area contributed by atoms with Crippen molar-refractivity contribution in [2.75, 3.05) is 0 Å². The fourth-order valence-corrected chi connectivity index (χ4v) is 2.54. The Morgan fingerprint density at radius 1 is 1.19 bits per heavy atom. The van der Waals surface area contributed by atoms with E-state index in [9.17, 15) is 0 Å². The molecule has 108 valence electrons. The van der Waals surface area contributed by atoms with Crippen molar-refractivity contribution >= 4 is 22.6 Å². The van der Waals surface area contributed by atoms with Crippen LogP contribution in [-0.2, 0) is 0 Å². The molecule has 3 aromatic rings. The Bertz CT molecular complexity index is 799. The van der Waals surface area contributed by atoms with Crippen LogP contribution in [0.4, 0.5) is 0 Å². The molecular formula is C15H15ClN4O. The van der Waals surface area contributed by atoms with Gasteiger partial charge in [-0.3, -0.25) is 5.84 Å². The summed E-state index contributed by atoms with van der Waals surface area (Å²) < 4.78 is 5.88. The topological polar surface area (TPSA) is 77.0 Å². The first-order valence-electron chi connectivity index (χ1n) is 6.54. The molecule has 3 rings (SSSR count). The molecule has 2 heterocycles. The summed E-state index contributed by atoms with van der Waals surface area (Å²) in [6.45, 7) is 3.79. The zero-order valence-corrected chi connectivity index (χ0v) is 12.5. The molecule has 6 heteroatoms. The van der Waals surface area contributed by atoms with Gasteiger partial charge in [-0.25, -0.2) is 5.43 Å². The third-order valence-corrected chi connectivity index (χ3v) is 3.63. The van der Waals surface area contributed by atoms with Gasteiger partial charge in [-0.1, -0.05) is 11.6 Å². The van der Waals surface area contributed by atoms with E-state index in [4.69, 9.17) is 21.9 Å². The van der Waals surface area contributed by atoms with Gasteiger partial charge in [0.1, 0.15) is 17.4 Å². The molecular weight excluding hydrogens is 288 g/mol. The molecule has 0 aliphatic heterocycles. The molecule has 0 radical (unpaired) electrons. The number of nitrogens with one attached hydrogen (secondary N) is 1. The average molecular weight is 303 g/mol. The van der Waals surface area contributed by atoms with E-state index in [1.807, 2.05) is 38.1 Å². The SMILES string of the molecule is Cc1cc(C(NN)c2cc3cc(Cl)ccc3o2)c(C)nn1. The second-order valence-electron chi connectivity index (χ2n) is 4.96. The van der Waals surface area contributed by atoms with Crippen LogP contribution in [0, 0.1) is 13.8 Å². The third-order valence-electron chi connectivity index (χ3n) is 3.40. The van der Waals surface area contributed by atoms with Crippen LogP contribution in [0.5, 0.6) is 0 Å². The predicted molar refractivity (Wildman–Crippen MR) is 81.9 cm³/mol. The van der Waals surface area contributed by atoms with Crippen molar-refractivity contribution in [2.24, 2.45) is 5.84 Å². The van der Waals surface area contributed by atoms with Crippen LogP contribution in [0.25, 0.3) is 11.0 Å². The molecule has 0 fully saturated rings. The van der Waals surface area contributed by atoms with Crippen LogP contribution in [0.3, 0.4) is 0 Å². The third kappa shape index (κ3) is 2.63. The van der Waals surface area contributed by atoms with Gasteiger partial charge in [-0.15, -0.1) is 0 Å². The molecule has 0 aliphatic rings. The van der Waals surface area contributed by atoms with Gasteiger partial charge in [-0.05, 0) is 44.2 Å². The molecule has 0 spiro atoms. The first kappa shape index (κ1) is 14.0. The number of hydrogen-bond donors (Lipinski definition) is 2. The van der Waals surface area contributed by atoms with Gasteiger partial charge in [0, 0.05) is 16.0 Å². The number of aryl methyl sites for hydroxylation is 2. The zero-order chi connectivity index (χ0) is 15.0. The largest absolute Gasteiger partial charge is 0.459 e. The van der Waals surface area contributed by atoms with Crippen molar-refractivity contribution in [3.05, 3.63) is 58.1 Å². The van der Waals surface area contributed by atoms with Crippen LogP contribution in [0.1, 0.15) is 28.8 Å². The highest BCUT2D eigenvalue weighted by Gasteiger charge is 2.20. The van der Waals surface area contributed by atoms with E-state index in [1.54, 1.807) is 6.07 Å². The number of rotatable bonds is 3. The number of aromatic nitrogens is 2. The normalized spacial score (nSPS) is 12.8. The Hall–Kier alpha value is -1.95.